The molecule has 1 N–H and O–H groups in total. The molecule has 20 heavy (non-hydrogen) atoms. The minimum absolute atomic E-state index is 0. The van der Waals surface area contributed by atoms with Crippen molar-refractivity contribution in [3.8, 4) is 0 Å². The number of anilines is 1. The minimum atomic E-state index is -3.38. The van der Waals surface area contributed by atoms with Crippen LogP contribution >= 0.6 is 12.4 Å². The second-order valence-electron chi connectivity index (χ2n) is 4.77. The minimum Gasteiger partial charge on any atom is -0.311 e. The molecule has 0 aromatic heterocycles. The lowest BCUT2D eigenvalue weighted by Gasteiger charge is -2.25. The monoisotopic (exact) mass is 318 g/mol. The van der Waals surface area contributed by atoms with Gasteiger partial charge in [0.25, 0.3) is 0 Å². The fraction of sp³-hybridized carbons (Fsp3) is 0.462. The molecule has 1 aromatic rings. The predicted octanol–water partition coefficient (Wildman–Crippen LogP) is 0.978. The average molecular weight is 319 g/mol. The van der Waals surface area contributed by atoms with Crippen molar-refractivity contribution in [2.45, 2.75) is 18.7 Å². The molecular weight excluding hydrogens is 300 g/mol. The summed E-state index contributed by atoms with van der Waals surface area (Å²) >= 11 is 0. The normalized spacial score (nSPS) is 16.6. The van der Waals surface area contributed by atoms with E-state index in [9.17, 15) is 13.2 Å². The zero-order valence-corrected chi connectivity index (χ0v) is 13.1. The molecule has 1 aliphatic heterocycles. The van der Waals surface area contributed by atoms with Gasteiger partial charge in [-0.2, -0.15) is 0 Å². The largest absolute Gasteiger partial charge is 0.311 e. The van der Waals surface area contributed by atoms with Gasteiger partial charge in [-0.1, -0.05) is 18.2 Å². The fourth-order valence-electron chi connectivity index (χ4n) is 2.09. The van der Waals surface area contributed by atoms with E-state index < -0.39 is 15.1 Å². The SMILES string of the molecule is CC(C(=O)N1CCNCc2ccccc21)S(C)(=O)=O.Cl. The third-order valence-corrected chi connectivity index (χ3v) is 4.85. The van der Waals surface area contributed by atoms with Crippen molar-refractivity contribution in [3.05, 3.63) is 29.8 Å². The Morgan fingerprint density at radius 3 is 2.65 bits per heavy atom. The molecule has 1 heterocycles. The lowest BCUT2D eigenvalue weighted by molar-refractivity contribution is -0.117. The molecule has 7 heteroatoms. The highest BCUT2D eigenvalue weighted by Gasteiger charge is 2.30. The summed E-state index contributed by atoms with van der Waals surface area (Å²) in [6.45, 7) is 3.26. The maximum atomic E-state index is 12.4. The van der Waals surface area contributed by atoms with Crippen LogP contribution in [0.15, 0.2) is 24.3 Å². The molecule has 112 valence electrons. The average Bonchev–Trinajstić information content (AvgIpc) is 2.58. The number of amides is 1. The molecule has 0 fully saturated rings. The Labute approximate surface area is 125 Å². The van der Waals surface area contributed by atoms with Crippen molar-refractivity contribution >= 4 is 33.8 Å². The van der Waals surface area contributed by atoms with E-state index in [-0.39, 0.29) is 18.3 Å². The third-order valence-electron chi connectivity index (χ3n) is 3.37. The molecule has 0 saturated carbocycles. The molecule has 5 nitrogen and oxygen atoms in total. The smallest absolute Gasteiger partial charge is 0.245 e. The van der Waals surface area contributed by atoms with Crippen LogP contribution in [0, 0.1) is 0 Å². The van der Waals surface area contributed by atoms with E-state index >= 15 is 0 Å². The van der Waals surface area contributed by atoms with Crippen molar-refractivity contribution in [1.82, 2.24) is 5.32 Å². The van der Waals surface area contributed by atoms with Gasteiger partial charge in [0.2, 0.25) is 5.91 Å². The number of fused-ring (bicyclic) bond motifs is 1. The molecule has 1 aliphatic rings. The topological polar surface area (TPSA) is 66.5 Å². The third kappa shape index (κ3) is 3.50. The van der Waals surface area contributed by atoms with E-state index in [1.54, 1.807) is 4.90 Å². The highest BCUT2D eigenvalue weighted by molar-refractivity contribution is 7.92. The van der Waals surface area contributed by atoms with Crippen LogP contribution < -0.4 is 10.2 Å². The molecule has 1 atom stereocenters. The zero-order valence-electron chi connectivity index (χ0n) is 11.5. The summed E-state index contributed by atoms with van der Waals surface area (Å²) in [6, 6.07) is 7.57. The number of halogens is 1. The summed E-state index contributed by atoms with van der Waals surface area (Å²) in [4.78, 5) is 13.9. The lowest BCUT2D eigenvalue weighted by atomic mass is 10.1. The Morgan fingerprint density at radius 1 is 1.35 bits per heavy atom. The van der Waals surface area contributed by atoms with Crippen molar-refractivity contribution in [3.63, 3.8) is 0 Å². The standard InChI is InChI=1S/C13H18N2O3S.ClH/c1-10(19(2,17)18)13(16)15-8-7-14-9-11-5-3-4-6-12(11)15;/h3-6,10,14H,7-9H2,1-2H3;1H. The number of para-hydroxylation sites is 1. The highest BCUT2D eigenvalue weighted by Crippen LogP contribution is 2.23. The van der Waals surface area contributed by atoms with Gasteiger partial charge in [0.15, 0.2) is 9.84 Å². The van der Waals surface area contributed by atoms with Gasteiger partial charge in [0.1, 0.15) is 5.25 Å². The number of hydrogen-bond donors (Lipinski definition) is 1. The maximum absolute atomic E-state index is 12.4. The summed E-state index contributed by atoms with van der Waals surface area (Å²) in [7, 11) is -3.38. The van der Waals surface area contributed by atoms with Crippen LogP contribution in [0.1, 0.15) is 12.5 Å². The molecule has 1 amide bonds. The maximum Gasteiger partial charge on any atom is 0.245 e. The van der Waals surface area contributed by atoms with Gasteiger partial charge in [-0.15, -0.1) is 12.4 Å². The molecule has 2 rings (SSSR count). The van der Waals surface area contributed by atoms with Crippen LogP contribution in [0.25, 0.3) is 0 Å². The summed E-state index contributed by atoms with van der Waals surface area (Å²) in [5.74, 6) is -0.362. The quantitative estimate of drug-likeness (QED) is 0.882. The van der Waals surface area contributed by atoms with Crippen molar-refractivity contribution in [2.75, 3.05) is 24.2 Å². The van der Waals surface area contributed by atoms with Gasteiger partial charge in [-0.3, -0.25) is 4.79 Å². The number of carbonyl (C=O) groups excluding carboxylic acids is 1. The first-order valence-electron chi connectivity index (χ1n) is 6.20. The van der Waals surface area contributed by atoms with E-state index in [1.165, 1.54) is 6.92 Å². The summed E-state index contributed by atoms with van der Waals surface area (Å²) < 4.78 is 23.1. The highest BCUT2D eigenvalue weighted by atomic mass is 35.5. The molecule has 1 aromatic carbocycles. The van der Waals surface area contributed by atoms with E-state index in [0.29, 0.717) is 19.6 Å². The number of hydrogen-bond acceptors (Lipinski definition) is 4. The first-order chi connectivity index (χ1) is 8.91. The van der Waals surface area contributed by atoms with Crippen molar-refractivity contribution < 1.29 is 13.2 Å². The van der Waals surface area contributed by atoms with Crippen molar-refractivity contribution in [1.29, 1.82) is 0 Å². The summed E-state index contributed by atoms with van der Waals surface area (Å²) in [6.07, 6.45) is 1.09. The number of nitrogens with one attached hydrogen (secondary N) is 1. The number of sulfone groups is 1. The van der Waals surface area contributed by atoms with Crippen LogP contribution in [0.2, 0.25) is 0 Å². The molecule has 0 radical (unpaired) electrons. The number of rotatable bonds is 2. The first-order valence-corrected chi connectivity index (χ1v) is 8.15. The Balaban J connectivity index is 0.00000200. The Hall–Kier alpha value is -1.11. The van der Waals surface area contributed by atoms with E-state index in [4.69, 9.17) is 0 Å². The van der Waals surface area contributed by atoms with Crippen molar-refractivity contribution in [2.24, 2.45) is 0 Å². The van der Waals surface area contributed by atoms with Gasteiger partial charge in [0, 0.05) is 31.6 Å². The van der Waals surface area contributed by atoms with Gasteiger partial charge in [0.05, 0.1) is 0 Å². The second kappa shape index (κ2) is 6.56. The van der Waals surface area contributed by atoms with Crippen LogP contribution in [0.3, 0.4) is 0 Å². The molecule has 0 saturated heterocycles. The van der Waals surface area contributed by atoms with Gasteiger partial charge >= 0.3 is 0 Å². The molecular formula is C13H19ClN2O3S. The van der Waals surface area contributed by atoms with Crippen LogP contribution in [-0.4, -0.2) is 38.9 Å². The zero-order chi connectivity index (χ0) is 14.0. The first kappa shape index (κ1) is 16.9. The van der Waals surface area contributed by atoms with Crippen LogP contribution in [0.4, 0.5) is 5.69 Å². The Bertz CT molecular complexity index is 589. The van der Waals surface area contributed by atoms with E-state index in [0.717, 1.165) is 17.5 Å². The van der Waals surface area contributed by atoms with Gasteiger partial charge < -0.3 is 10.2 Å². The summed E-state index contributed by atoms with van der Waals surface area (Å²) in [5.41, 5.74) is 1.81. The van der Waals surface area contributed by atoms with E-state index in [1.807, 2.05) is 24.3 Å². The molecule has 1 unspecified atom stereocenters. The number of benzene rings is 1. The predicted molar refractivity (Wildman–Crippen MR) is 82.1 cm³/mol. The van der Waals surface area contributed by atoms with Gasteiger partial charge in [-0.25, -0.2) is 8.42 Å². The Morgan fingerprint density at radius 2 is 2.00 bits per heavy atom. The van der Waals surface area contributed by atoms with Crippen LogP contribution in [-0.2, 0) is 21.2 Å². The molecule has 0 aliphatic carbocycles. The summed E-state index contributed by atoms with van der Waals surface area (Å²) in [5, 5.41) is 2.21. The fourth-order valence-corrected chi connectivity index (χ4v) is 2.58. The second-order valence-corrected chi connectivity index (χ2v) is 7.13. The number of nitrogens with zero attached hydrogens (tertiary/aromatic N) is 1. The molecule has 0 bridgehead atoms. The van der Waals surface area contributed by atoms with Gasteiger partial charge in [-0.05, 0) is 18.6 Å². The van der Waals surface area contributed by atoms with Crippen LogP contribution in [0.5, 0.6) is 0 Å². The Kier molecular flexibility index (Phi) is 5.56. The lowest BCUT2D eigenvalue weighted by Crippen LogP contribution is -2.43. The number of carbonyl (C=O) groups is 1. The van der Waals surface area contributed by atoms with E-state index in [2.05, 4.69) is 5.32 Å². The molecule has 0 spiro atoms.